The van der Waals surface area contributed by atoms with Crippen LogP contribution in [-0.2, 0) is 33.5 Å². The van der Waals surface area contributed by atoms with Crippen LogP contribution in [0.15, 0.2) is 28.7 Å². The van der Waals surface area contributed by atoms with Crippen LogP contribution in [0, 0.1) is 0 Å². The van der Waals surface area contributed by atoms with Gasteiger partial charge in [0.15, 0.2) is 18.2 Å². The molecule has 5 heterocycles. The van der Waals surface area contributed by atoms with Gasteiger partial charge >= 0.3 is 17.9 Å². The Bertz CT molecular complexity index is 1250. The molecule has 0 spiro atoms. The van der Waals surface area contributed by atoms with Gasteiger partial charge in [-0.05, 0) is 42.3 Å². The Hall–Kier alpha value is -3.63. The molecular weight excluding hydrogens is 558 g/mol. The Kier molecular flexibility index (Phi) is 7.64. The van der Waals surface area contributed by atoms with Gasteiger partial charge in [-0.25, -0.2) is 9.59 Å². The number of fused-ring (bicyclic) bond motifs is 2. The van der Waals surface area contributed by atoms with Crippen LogP contribution in [0.25, 0.3) is 0 Å². The number of aliphatic hydroxyl groups excluding tert-OH is 1. The lowest BCUT2D eigenvalue weighted by Crippen LogP contribution is -2.71. The fraction of sp³-hybridized carbons (Fsp3) is 0.478. The van der Waals surface area contributed by atoms with Gasteiger partial charge in [-0.3, -0.25) is 24.1 Å². The second kappa shape index (κ2) is 10.5. The molecule has 6 unspecified atom stereocenters. The molecule has 4 saturated heterocycles. The summed E-state index contributed by atoms with van der Waals surface area (Å²) < 4.78 is 4.47. The number of carbonyl (C=O) groups excluding carboxylic acids is 3. The summed E-state index contributed by atoms with van der Waals surface area (Å²) in [5.74, 6) is -6.30. The Balaban J connectivity index is 0.000000212. The zero-order valence-electron chi connectivity index (χ0n) is 20.5. The smallest absolute Gasteiger partial charge is 0.334 e. The number of hydrogen-bond donors (Lipinski definition) is 5. The molecule has 4 fully saturated rings. The molecule has 0 bridgehead atoms. The summed E-state index contributed by atoms with van der Waals surface area (Å²) in [4.78, 5) is 72.0. The SMILES string of the molecule is CC1(C)SC2C(NC(=O)C(C(=O)O)c3ccsc3)C(=O)N2C1C(=O)O.O=C(O)C1C(=CCO)OC2CC(=O)N21. The van der Waals surface area contributed by atoms with E-state index in [4.69, 9.17) is 14.9 Å². The number of hydrogen-bond acceptors (Lipinski definition) is 10. The minimum absolute atomic E-state index is 0.149. The molecule has 210 valence electrons. The summed E-state index contributed by atoms with van der Waals surface area (Å²) in [6, 6.07) is -1.41. The number of amides is 3. The number of β-lactam (4-membered cyclic amide) rings is 2. The fourth-order valence-electron chi connectivity index (χ4n) is 4.89. The van der Waals surface area contributed by atoms with Gasteiger partial charge in [0.1, 0.15) is 23.2 Å². The van der Waals surface area contributed by atoms with E-state index in [1.807, 2.05) is 0 Å². The van der Waals surface area contributed by atoms with Gasteiger partial charge in [0, 0.05) is 4.75 Å². The first kappa shape index (κ1) is 28.4. The molecule has 1 aromatic rings. The molecule has 16 heteroatoms. The van der Waals surface area contributed by atoms with Crippen molar-refractivity contribution >= 4 is 58.7 Å². The van der Waals surface area contributed by atoms with E-state index in [9.17, 15) is 39.0 Å². The van der Waals surface area contributed by atoms with Crippen molar-refractivity contribution in [3.05, 3.63) is 34.2 Å². The summed E-state index contributed by atoms with van der Waals surface area (Å²) in [7, 11) is 0. The summed E-state index contributed by atoms with van der Waals surface area (Å²) in [6.07, 6.45) is 1.03. The predicted octanol–water partition coefficient (Wildman–Crippen LogP) is -0.548. The van der Waals surface area contributed by atoms with E-state index in [0.29, 0.717) is 5.56 Å². The first-order chi connectivity index (χ1) is 18.3. The third kappa shape index (κ3) is 4.94. The number of ether oxygens (including phenoxy) is 1. The van der Waals surface area contributed by atoms with Crippen LogP contribution < -0.4 is 5.32 Å². The average Bonchev–Trinajstić information content (AvgIpc) is 3.52. The van der Waals surface area contributed by atoms with Gasteiger partial charge in [0.25, 0.3) is 0 Å². The minimum atomic E-state index is -1.40. The number of thioether (sulfide) groups is 1. The summed E-state index contributed by atoms with van der Waals surface area (Å²) in [5.41, 5.74) is 0.349. The number of nitrogens with one attached hydrogen (secondary N) is 1. The van der Waals surface area contributed by atoms with Gasteiger partial charge in [-0.1, -0.05) is 0 Å². The summed E-state index contributed by atoms with van der Waals surface area (Å²) in [5, 5.41) is 41.4. The van der Waals surface area contributed by atoms with Gasteiger partial charge in [0.05, 0.1) is 13.0 Å². The van der Waals surface area contributed by atoms with Crippen LogP contribution in [0.2, 0.25) is 0 Å². The quantitative estimate of drug-likeness (QED) is 0.202. The molecule has 0 aromatic carbocycles. The summed E-state index contributed by atoms with van der Waals surface area (Å²) in [6.45, 7) is 3.16. The van der Waals surface area contributed by atoms with E-state index >= 15 is 0 Å². The zero-order chi connectivity index (χ0) is 28.8. The van der Waals surface area contributed by atoms with Crippen molar-refractivity contribution in [2.24, 2.45) is 0 Å². The van der Waals surface area contributed by atoms with Gasteiger partial charge in [0.2, 0.25) is 17.7 Å². The largest absolute Gasteiger partial charge is 0.480 e. The van der Waals surface area contributed by atoms with E-state index in [2.05, 4.69) is 5.32 Å². The highest BCUT2D eigenvalue weighted by Gasteiger charge is 2.64. The van der Waals surface area contributed by atoms with Crippen molar-refractivity contribution < 1.29 is 53.9 Å². The highest BCUT2D eigenvalue weighted by molar-refractivity contribution is 8.01. The second-order valence-corrected chi connectivity index (χ2v) is 12.1. The fourth-order valence-corrected chi connectivity index (χ4v) is 7.20. The Labute approximate surface area is 229 Å². The van der Waals surface area contributed by atoms with E-state index in [1.165, 1.54) is 39.0 Å². The monoisotopic (exact) mass is 583 g/mol. The molecule has 1 aromatic heterocycles. The molecule has 14 nitrogen and oxygen atoms in total. The molecule has 4 aliphatic heterocycles. The van der Waals surface area contributed by atoms with E-state index < -0.39 is 70.1 Å². The Morgan fingerprint density at radius 2 is 1.87 bits per heavy atom. The van der Waals surface area contributed by atoms with Crippen molar-refractivity contribution in [2.45, 2.75) is 60.7 Å². The van der Waals surface area contributed by atoms with Crippen LogP contribution in [0.5, 0.6) is 0 Å². The number of aliphatic carboxylic acids is 3. The lowest BCUT2D eigenvalue weighted by atomic mass is 9.95. The lowest BCUT2D eigenvalue weighted by Gasteiger charge is -2.43. The van der Waals surface area contributed by atoms with Crippen molar-refractivity contribution in [3.8, 4) is 0 Å². The second-order valence-electron chi connectivity index (χ2n) is 9.52. The van der Waals surface area contributed by atoms with E-state index in [-0.39, 0.29) is 24.7 Å². The maximum absolute atomic E-state index is 12.4. The van der Waals surface area contributed by atoms with E-state index in [0.717, 1.165) is 0 Å². The Morgan fingerprint density at radius 3 is 2.38 bits per heavy atom. The minimum Gasteiger partial charge on any atom is -0.480 e. The third-order valence-corrected chi connectivity index (χ3v) is 8.93. The predicted molar refractivity (Wildman–Crippen MR) is 133 cm³/mol. The first-order valence-corrected chi connectivity index (χ1v) is 13.4. The molecule has 3 amide bonds. The number of thiophene rings is 1. The van der Waals surface area contributed by atoms with E-state index in [1.54, 1.807) is 30.7 Å². The van der Waals surface area contributed by atoms with Crippen LogP contribution in [0.3, 0.4) is 0 Å². The highest BCUT2D eigenvalue weighted by Crippen LogP contribution is 2.50. The number of carbonyl (C=O) groups is 6. The molecule has 6 atom stereocenters. The van der Waals surface area contributed by atoms with Crippen molar-refractivity contribution in [1.29, 1.82) is 0 Å². The standard InChI is InChI=1S/C15H16N2O6S2.C8H9NO5/c1-15(2)9(14(22)23)17-11(19)8(12(17)25-15)16-10(18)7(13(20)21)6-3-4-24-5-6;10-2-1-4-7(8(12)13)9-5(11)3-6(9)14-4/h3-5,7-9,12H,1-2H3,(H,16,18)(H,20,21)(H,22,23);1,6-7,10H,2-3H2,(H,12,13). The van der Waals surface area contributed by atoms with Crippen LogP contribution in [-0.4, -0.2) is 107 Å². The molecule has 0 aliphatic carbocycles. The lowest BCUT2D eigenvalue weighted by molar-refractivity contribution is -0.163. The zero-order valence-corrected chi connectivity index (χ0v) is 22.2. The third-order valence-electron chi connectivity index (χ3n) is 6.65. The van der Waals surface area contributed by atoms with Gasteiger partial charge in [-0.2, -0.15) is 11.3 Å². The molecule has 0 saturated carbocycles. The molecular formula is C23H25N3O11S2. The molecule has 39 heavy (non-hydrogen) atoms. The average molecular weight is 584 g/mol. The highest BCUT2D eigenvalue weighted by atomic mass is 32.2. The van der Waals surface area contributed by atoms with Crippen LogP contribution in [0.1, 0.15) is 31.7 Å². The molecule has 5 N–H and O–H groups in total. The number of carboxylic acids is 3. The normalized spacial score (nSPS) is 29.6. The van der Waals surface area contributed by atoms with Crippen molar-refractivity contribution in [3.63, 3.8) is 0 Å². The van der Waals surface area contributed by atoms with Gasteiger partial charge < -0.3 is 35.4 Å². The number of carboxylic acid groups (broad SMARTS) is 3. The molecule has 4 aliphatic rings. The maximum Gasteiger partial charge on any atom is 0.334 e. The number of aliphatic hydroxyl groups is 1. The molecule has 0 radical (unpaired) electrons. The van der Waals surface area contributed by atoms with Crippen LogP contribution >= 0.6 is 23.1 Å². The molecule has 5 rings (SSSR count). The van der Waals surface area contributed by atoms with Crippen molar-refractivity contribution in [1.82, 2.24) is 15.1 Å². The Morgan fingerprint density at radius 1 is 1.18 bits per heavy atom. The van der Waals surface area contributed by atoms with Crippen LogP contribution in [0.4, 0.5) is 0 Å². The maximum atomic E-state index is 12.4. The topological polar surface area (TPSA) is 211 Å². The number of rotatable bonds is 7. The van der Waals surface area contributed by atoms with Crippen molar-refractivity contribution in [2.75, 3.05) is 6.61 Å². The summed E-state index contributed by atoms with van der Waals surface area (Å²) >= 11 is 2.56. The van der Waals surface area contributed by atoms with Gasteiger partial charge in [-0.15, -0.1) is 11.8 Å². The first-order valence-electron chi connectivity index (χ1n) is 11.6. The number of nitrogens with zero attached hydrogens (tertiary/aromatic N) is 2.